The molecule has 2 amide bonds. The fraction of sp³-hybridized carbons (Fsp3) is 0.280. The number of carbonyl (C=O) groups excluding carboxylic acids is 2. The molecule has 0 atom stereocenters. The Morgan fingerprint density at radius 1 is 1.11 bits per heavy atom. The van der Waals surface area contributed by atoms with Gasteiger partial charge < -0.3 is 10.6 Å². The lowest BCUT2D eigenvalue weighted by Crippen LogP contribution is -2.37. The van der Waals surface area contributed by atoms with Crippen LogP contribution in [0.2, 0.25) is 0 Å². The normalized spacial score (nSPS) is 21.3. The maximum absolute atomic E-state index is 13.8. The van der Waals surface area contributed by atoms with Crippen molar-refractivity contribution in [2.75, 3.05) is 5.32 Å². The molecule has 2 aromatic heterocycles. The number of nitrogens with one attached hydrogen (secondary N) is 3. The van der Waals surface area contributed by atoms with Gasteiger partial charge in [0, 0.05) is 24.8 Å². The third-order valence-electron chi connectivity index (χ3n) is 6.14. The highest BCUT2D eigenvalue weighted by Crippen LogP contribution is 2.28. The van der Waals surface area contributed by atoms with Gasteiger partial charge >= 0.3 is 0 Å². The minimum Gasteiger partial charge on any atom is -0.351 e. The largest absolute Gasteiger partial charge is 0.351 e. The molecule has 7 nitrogen and oxygen atoms in total. The lowest BCUT2D eigenvalue weighted by atomic mass is 9.91. The molecule has 35 heavy (non-hydrogen) atoms. The second kappa shape index (κ2) is 10.7. The molecule has 2 fully saturated rings. The van der Waals surface area contributed by atoms with E-state index in [4.69, 9.17) is 0 Å². The number of aromatic nitrogens is 2. The Morgan fingerprint density at radius 2 is 1.94 bits per heavy atom. The molecule has 0 bridgehead atoms. The van der Waals surface area contributed by atoms with Crippen molar-refractivity contribution in [1.82, 2.24) is 20.6 Å². The van der Waals surface area contributed by atoms with E-state index in [1.807, 2.05) is 22.9 Å². The number of anilines is 1. The van der Waals surface area contributed by atoms with E-state index in [-0.39, 0.29) is 17.1 Å². The minimum atomic E-state index is -0.401. The van der Waals surface area contributed by atoms with Crippen LogP contribution in [0.4, 0.5) is 15.1 Å². The number of amides is 2. The van der Waals surface area contributed by atoms with Crippen molar-refractivity contribution in [3.63, 3.8) is 0 Å². The number of nitrogens with zero attached hydrogens (tertiary/aromatic N) is 2. The van der Waals surface area contributed by atoms with Crippen LogP contribution in [0.15, 0.2) is 52.2 Å². The summed E-state index contributed by atoms with van der Waals surface area (Å²) < 4.78 is 13.8. The van der Waals surface area contributed by atoms with Crippen LogP contribution in [-0.2, 0) is 11.3 Å². The number of rotatable bonds is 7. The Labute approximate surface area is 210 Å². The molecule has 3 aromatic rings. The van der Waals surface area contributed by atoms with Gasteiger partial charge in [-0.25, -0.2) is 14.4 Å². The molecule has 1 saturated heterocycles. The van der Waals surface area contributed by atoms with E-state index < -0.39 is 5.91 Å². The Kier molecular flexibility index (Phi) is 7.21. The van der Waals surface area contributed by atoms with E-state index in [2.05, 4.69) is 25.9 Å². The molecule has 0 radical (unpaired) electrons. The Bertz CT molecular complexity index is 1260. The first-order valence-corrected chi connectivity index (χ1v) is 13.2. The zero-order valence-electron chi connectivity index (χ0n) is 18.8. The van der Waals surface area contributed by atoms with Gasteiger partial charge in [-0.2, -0.15) is 11.3 Å². The van der Waals surface area contributed by atoms with E-state index >= 15 is 0 Å². The van der Waals surface area contributed by atoms with Crippen molar-refractivity contribution >= 4 is 46.3 Å². The quantitative estimate of drug-likeness (QED) is 0.378. The average molecular weight is 510 g/mol. The highest BCUT2D eigenvalue weighted by Gasteiger charge is 2.25. The maximum Gasteiger partial charge on any atom is 0.290 e. The fourth-order valence-corrected chi connectivity index (χ4v) is 5.67. The highest BCUT2D eigenvalue weighted by molar-refractivity contribution is 8.18. The third-order valence-corrected chi connectivity index (χ3v) is 7.64. The first kappa shape index (κ1) is 23.7. The molecule has 10 heteroatoms. The van der Waals surface area contributed by atoms with Gasteiger partial charge in [-0.15, -0.1) is 0 Å². The first-order chi connectivity index (χ1) is 17.0. The lowest BCUT2D eigenvalue weighted by molar-refractivity contribution is -0.115. The smallest absolute Gasteiger partial charge is 0.290 e. The van der Waals surface area contributed by atoms with Gasteiger partial charge in [-0.1, -0.05) is 6.07 Å². The van der Waals surface area contributed by atoms with Crippen LogP contribution in [-0.4, -0.2) is 33.2 Å². The highest BCUT2D eigenvalue weighted by atomic mass is 32.2. The summed E-state index contributed by atoms with van der Waals surface area (Å²) in [5.41, 5.74) is 3.67. The Hall–Kier alpha value is -3.08. The van der Waals surface area contributed by atoms with Crippen LogP contribution in [0, 0.1) is 5.82 Å². The number of hydrogen-bond donors (Lipinski definition) is 3. The molecule has 1 saturated carbocycles. The summed E-state index contributed by atoms with van der Waals surface area (Å²) in [7, 11) is 0. The first-order valence-electron chi connectivity index (χ1n) is 11.4. The second-order valence-electron chi connectivity index (χ2n) is 8.54. The number of thioether (sulfide) groups is 1. The molecule has 3 N–H and O–H groups in total. The molecule has 180 valence electrons. The second-order valence-corrected chi connectivity index (χ2v) is 10.3. The summed E-state index contributed by atoms with van der Waals surface area (Å²) in [6.07, 6.45) is 7.20. The van der Waals surface area contributed by atoms with Crippen molar-refractivity contribution in [2.24, 2.45) is 0 Å². The Morgan fingerprint density at radius 3 is 2.69 bits per heavy atom. The summed E-state index contributed by atoms with van der Waals surface area (Å²) in [5, 5.41) is 13.0. The number of imide groups is 1. The molecule has 5 rings (SSSR count). The molecule has 3 heterocycles. The van der Waals surface area contributed by atoms with Crippen molar-refractivity contribution in [3.8, 4) is 11.1 Å². The fourth-order valence-electron chi connectivity index (χ4n) is 4.35. The van der Waals surface area contributed by atoms with Crippen molar-refractivity contribution in [1.29, 1.82) is 0 Å². The van der Waals surface area contributed by atoms with Crippen LogP contribution < -0.4 is 16.0 Å². The van der Waals surface area contributed by atoms with Crippen LogP contribution in [0.1, 0.15) is 36.9 Å². The summed E-state index contributed by atoms with van der Waals surface area (Å²) in [5.74, 6) is -0.109. The van der Waals surface area contributed by atoms with Crippen LogP contribution >= 0.6 is 23.1 Å². The summed E-state index contributed by atoms with van der Waals surface area (Å²) in [6, 6.07) is 9.37. The van der Waals surface area contributed by atoms with Gasteiger partial charge in [0.1, 0.15) is 5.82 Å². The van der Waals surface area contributed by atoms with Gasteiger partial charge in [-0.3, -0.25) is 14.9 Å². The molecule has 1 aromatic carbocycles. The zero-order valence-corrected chi connectivity index (χ0v) is 20.4. The number of thiophene rings is 1. The number of hydrogen-bond acceptors (Lipinski definition) is 8. The molecule has 1 aliphatic heterocycles. The molecular formula is C25H24FN5O2S2. The van der Waals surface area contributed by atoms with Crippen LogP contribution in [0.3, 0.4) is 0 Å². The summed E-state index contributed by atoms with van der Waals surface area (Å²) in [4.78, 5) is 32.2. The predicted octanol–water partition coefficient (Wildman–Crippen LogP) is 5.18. The molecule has 1 aliphatic carbocycles. The van der Waals surface area contributed by atoms with E-state index in [1.165, 1.54) is 6.07 Å². The van der Waals surface area contributed by atoms with E-state index in [1.54, 1.807) is 35.7 Å². The van der Waals surface area contributed by atoms with E-state index in [0.717, 1.165) is 54.1 Å². The van der Waals surface area contributed by atoms with Crippen molar-refractivity contribution in [3.05, 3.63) is 69.3 Å². The van der Waals surface area contributed by atoms with Crippen LogP contribution in [0.25, 0.3) is 17.2 Å². The van der Waals surface area contributed by atoms with Gasteiger partial charge in [0.05, 0.1) is 10.6 Å². The SMILES string of the molecule is O=C1NC(=O)/C(=C/c2ccnc(NC3CCC(NCc4ccc(F)cc4-c4ccsc4)CC3)n2)S1. The van der Waals surface area contributed by atoms with Gasteiger partial charge in [0.25, 0.3) is 11.1 Å². The number of carbonyl (C=O) groups is 2. The van der Waals surface area contributed by atoms with Gasteiger partial charge in [-0.05, 0) is 95.2 Å². The maximum atomic E-state index is 13.8. The molecule has 0 spiro atoms. The average Bonchev–Trinajstić information content (AvgIpc) is 3.49. The van der Waals surface area contributed by atoms with E-state index in [0.29, 0.717) is 29.1 Å². The minimum absolute atomic E-state index is 0.220. The van der Waals surface area contributed by atoms with Crippen LogP contribution in [0.5, 0.6) is 0 Å². The predicted molar refractivity (Wildman–Crippen MR) is 137 cm³/mol. The molecule has 2 aliphatic rings. The third kappa shape index (κ3) is 5.95. The summed E-state index contributed by atoms with van der Waals surface area (Å²) >= 11 is 2.48. The molecule has 0 unspecified atom stereocenters. The summed E-state index contributed by atoms with van der Waals surface area (Å²) in [6.45, 7) is 0.697. The Balaban J connectivity index is 1.14. The van der Waals surface area contributed by atoms with Gasteiger partial charge in [0.15, 0.2) is 0 Å². The van der Waals surface area contributed by atoms with Crippen molar-refractivity contribution < 1.29 is 14.0 Å². The number of halogens is 1. The lowest BCUT2D eigenvalue weighted by Gasteiger charge is -2.30. The topological polar surface area (TPSA) is 96.0 Å². The van der Waals surface area contributed by atoms with Gasteiger partial charge in [0.2, 0.25) is 5.95 Å². The standard InChI is InChI=1S/C25H24FN5O2S2/c26-17-2-1-15(21(11-17)16-8-10-34-14-16)13-28-18-3-5-19(6-4-18)29-24-27-9-7-20(30-24)12-22-23(32)31-25(33)35-22/h1-2,7-12,14,18-19,28H,3-6,13H2,(H,27,29,30)(H,31,32,33)/b22-12-. The number of benzene rings is 1. The van der Waals surface area contributed by atoms with Crippen molar-refractivity contribution in [2.45, 2.75) is 44.3 Å². The molecular weight excluding hydrogens is 485 g/mol. The van der Waals surface area contributed by atoms with E-state index in [9.17, 15) is 14.0 Å². The monoisotopic (exact) mass is 509 g/mol. The zero-order chi connectivity index (χ0) is 24.2.